The Labute approximate surface area is 66.5 Å². The lowest BCUT2D eigenvalue weighted by atomic mass is 10.5. The number of fused-ring (bicyclic) bond motifs is 1. The van der Waals surface area contributed by atoms with E-state index in [1.54, 1.807) is 0 Å². The summed E-state index contributed by atoms with van der Waals surface area (Å²) in [6, 6.07) is 0. The van der Waals surface area contributed by atoms with E-state index in [0.717, 1.165) is 0 Å². The van der Waals surface area contributed by atoms with Crippen molar-refractivity contribution < 1.29 is 0 Å². The van der Waals surface area contributed by atoms with Gasteiger partial charge in [0.1, 0.15) is 17.4 Å². The molecule has 2 aromatic rings. The summed E-state index contributed by atoms with van der Waals surface area (Å²) >= 11 is 5.65. The predicted molar refractivity (Wildman–Crippen MR) is 37.9 cm³/mol. The van der Waals surface area contributed by atoms with Gasteiger partial charge in [-0.3, -0.25) is 0 Å². The SMILES string of the molecule is Clc1nnnc2cncnc12. The molecule has 0 saturated carbocycles. The molecule has 5 nitrogen and oxygen atoms in total. The molecule has 0 unspecified atom stereocenters. The summed E-state index contributed by atoms with van der Waals surface area (Å²) in [6.45, 7) is 0. The minimum atomic E-state index is 0.248. The van der Waals surface area contributed by atoms with E-state index in [9.17, 15) is 0 Å². The summed E-state index contributed by atoms with van der Waals surface area (Å²) < 4.78 is 0. The first-order chi connectivity index (χ1) is 5.38. The lowest BCUT2D eigenvalue weighted by molar-refractivity contribution is 0.888. The highest BCUT2D eigenvalue weighted by atomic mass is 35.5. The quantitative estimate of drug-likeness (QED) is 0.571. The largest absolute Gasteiger partial charge is 0.242 e. The maximum absolute atomic E-state index is 5.65. The average molecular weight is 168 g/mol. The van der Waals surface area contributed by atoms with Crippen molar-refractivity contribution in [2.75, 3.05) is 0 Å². The number of hydrogen-bond acceptors (Lipinski definition) is 5. The number of rotatable bonds is 0. The van der Waals surface area contributed by atoms with Crippen LogP contribution in [0.5, 0.6) is 0 Å². The molecular formula is C5H2ClN5. The molecule has 0 spiro atoms. The van der Waals surface area contributed by atoms with Gasteiger partial charge in [-0.05, 0) is 5.21 Å². The Balaban J connectivity index is 2.91. The van der Waals surface area contributed by atoms with Gasteiger partial charge in [0.15, 0.2) is 5.15 Å². The summed E-state index contributed by atoms with van der Waals surface area (Å²) in [4.78, 5) is 7.63. The first-order valence-electron chi connectivity index (χ1n) is 2.82. The fraction of sp³-hybridized carbons (Fsp3) is 0. The third-order valence-corrected chi connectivity index (χ3v) is 1.43. The molecule has 54 valence electrons. The molecule has 2 rings (SSSR count). The molecule has 0 fully saturated rings. The highest BCUT2D eigenvalue weighted by molar-refractivity contribution is 6.33. The molecule has 0 aliphatic carbocycles. The van der Waals surface area contributed by atoms with Gasteiger partial charge in [0.2, 0.25) is 0 Å². The number of hydrogen-bond donors (Lipinski definition) is 0. The third-order valence-electron chi connectivity index (χ3n) is 1.17. The molecule has 0 saturated heterocycles. The van der Waals surface area contributed by atoms with Crippen LogP contribution >= 0.6 is 11.6 Å². The van der Waals surface area contributed by atoms with Crippen LogP contribution in [-0.2, 0) is 0 Å². The third kappa shape index (κ3) is 0.988. The molecule has 2 aromatic heterocycles. The molecule has 6 heteroatoms. The van der Waals surface area contributed by atoms with Crippen molar-refractivity contribution in [1.29, 1.82) is 0 Å². The highest BCUT2D eigenvalue weighted by Gasteiger charge is 2.01. The van der Waals surface area contributed by atoms with Crippen LogP contribution in [0.4, 0.5) is 0 Å². The Morgan fingerprint density at radius 2 is 2.18 bits per heavy atom. The van der Waals surface area contributed by atoms with E-state index >= 15 is 0 Å². The second-order valence-electron chi connectivity index (χ2n) is 1.84. The van der Waals surface area contributed by atoms with Crippen LogP contribution in [0.15, 0.2) is 12.5 Å². The first-order valence-corrected chi connectivity index (χ1v) is 3.20. The van der Waals surface area contributed by atoms with E-state index in [4.69, 9.17) is 11.6 Å². The summed E-state index contributed by atoms with van der Waals surface area (Å²) in [7, 11) is 0. The van der Waals surface area contributed by atoms with Gasteiger partial charge in [0, 0.05) is 0 Å². The van der Waals surface area contributed by atoms with Crippen LogP contribution in [0.3, 0.4) is 0 Å². The molecule has 2 heterocycles. The van der Waals surface area contributed by atoms with Crippen LogP contribution in [0.1, 0.15) is 0 Å². The topological polar surface area (TPSA) is 64.5 Å². The summed E-state index contributed by atoms with van der Waals surface area (Å²) in [5, 5.41) is 10.8. The Bertz CT molecular complexity index is 384. The zero-order valence-corrected chi connectivity index (χ0v) is 6.02. The van der Waals surface area contributed by atoms with E-state index in [-0.39, 0.29) is 5.15 Å². The molecule has 0 aliphatic heterocycles. The second-order valence-corrected chi connectivity index (χ2v) is 2.19. The van der Waals surface area contributed by atoms with Crippen LogP contribution in [0.25, 0.3) is 11.0 Å². The van der Waals surface area contributed by atoms with Crippen molar-refractivity contribution in [3.63, 3.8) is 0 Å². The molecule has 0 amide bonds. The van der Waals surface area contributed by atoms with Crippen LogP contribution in [-0.4, -0.2) is 25.4 Å². The smallest absolute Gasteiger partial charge is 0.181 e. The molecule has 0 bridgehead atoms. The lowest BCUT2D eigenvalue weighted by Gasteiger charge is -1.91. The van der Waals surface area contributed by atoms with Gasteiger partial charge < -0.3 is 0 Å². The standard InChI is InChI=1S/C5H2ClN5/c6-5-4-3(9-11-10-5)1-7-2-8-4/h1-2H. The van der Waals surface area contributed by atoms with Crippen molar-refractivity contribution >= 4 is 22.6 Å². The van der Waals surface area contributed by atoms with Crippen LogP contribution in [0.2, 0.25) is 5.15 Å². The van der Waals surface area contributed by atoms with Crippen molar-refractivity contribution in [3.05, 3.63) is 17.7 Å². The number of nitrogens with zero attached hydrogens (tertiary/aromatic N) is 5. The Morgan fingerprint density at radius 3 is 3.00 bits per heavy atom. The zero-order valence-electron chi connectivity index (χ0n) is 5.27. The molecule has 0 aliphatic rings. The van der Waals surface area contributed by atoms with E-state index in [1.807, 2.05) is 0 Å². The summed E-state index contributed by atoms with van der Waals surface area (Å²) in [5.74, 6) is 0. The van der Waals surface area contributed by atoms with Gasteiger partial charge in [-0.15, -0.1) is 10.2 Å². The van der Waals surface area contributed by atoms with Crippen LogP contribution in [0, 0.1) is 0 Å². The second kappa shape index (κ2) is 2.35. The van der Waals surface area contributed by atoms with Gasteiger partial charge in [-0.1, -0.05) is 11.6 Å². The molecule has 0 N–H and O–H groups in total. The molecule has 0 aromatic carbocycles. The van der Waals surface area contributed by atoms with E-state index in [1.165, 1.54) is 12.5 Å². The molecular weight excluding hydrogens is 166 g/mol. The van der Waals surface area contributed by atoms with E-state index < -0.39 is 0 Å². The number of aromatic nitrogens is 5. The first kappa shape index (κ1) is 6.36. The molecule has 11 heavy (non-hydrogen) atoms. The maximum Gasteiger partial charge on any atom is 0.181 e. The van der Waals surface area contributed by atoms with Crippen LogP contribution < -0.4 is 0 Å². The average Bonchev–Trinajstić information content (AvgIpc) is 2.06. The predicted octanol–water partition coefficient (Wildman–Crippen LogP) is 0.468. The van der Waals surface area contributed by atoms with Crippen molar-refractivity contribution in [2.24, 2.45) is 0 Å². The minimum absolute atomic E-state index is 0.248. The Kier molecular flexibility index (Phi) is 1.36. The van der Waals surface area contributed by atoms with Gasteiger partial charge in [-0.2, -0.15) is 0 Å². The fourth-order valence-electron chi connectivity index (χ4n) is 0.712. The Hall–Kier alpha value is -1.36. The highest BCUT2D eigenvalue weighted by Crippen LogP contribution is 2.12. The fourth-order valence-corrected chi connectivity index (χ4v) is 0.891. The van der Waals surface area contributed by atoms with Gasteiger partial charge in [-0.25, -0.2) is 9.97 Å². The summed E-state index contributed by atoms with van der Waals surface area (Å²) in [5.41, 5.74) is 1.07. The van der Waals surface area contributed by atoms with Crippen molar-refractivity contribution in [1.82, 2.24) is 25.4 Å². The minimum Gasteiger partial charge on any atom is -0.242 e. The monoisotopic (exact) mass is 167 g/mol. The van der Waals surface area contributed by atoms with Crippen molar-refractivity contribution in [3.8, 4) is 0 Å². The number of halogens is 1. The van der Waals surface area contributed by atoms with Gasteiger partial charge in [0.25, 0.3) is 0 Å². The van der Waals surface area contributed by atoms with E-state index in [0.29, 0.717) is 11.0 Å². The Morgan fingerprint density at radius 1 is 1.27 bits per heavy atom. The maximum atomic E-state index is 5.65. The normalized spacial score (nSPS) is 10.3. The van der Waals surface area contributed by atoms with Gasteiger partial charge in [0.05, 0.1) is 6.20 Å². The lowest BCUT2D eigenvalue weighted by Crippen LogP contribution is -1.92. The summed E-state index contributed by atoms with van der Waals surface area (Å²) in [6.07, 6.45) is 2.92. The molecule has 0 radical (unpaired) electrons. The molecule has 0 atom stereocenters. The van der Waals surface area contributed by atoms with Gasteiger partial charge >= 0.3 is 0 Å². The zero-order chi connectivity index (χ0) is 7.68. The van der Waals surface area contributed by atoms with E-state index in [2.05, 4.69) is 25.4 Å². The van der Waals surface area contributed by atoms with Crippen molar-refractivity contribution in [2.45, 2.75) is 0 Å².